The molecule has 0 aromatic heterocycles. The van der Waals surface area contributed by atoms with Crippen molar-refractivity contribution in [2.45, 2.75) is 29.8 Å². The van der Waals surface area contributed by atoms with Crippen molar-refractivity contribution in [3.05, 3.63) is 12.0 Å². The molecule has 1 aliphatic heterocycles. The summed E-state index contributed by atoms with van der Waals surface area (Å²) >= 11 is 0. The van der Waals surface area contributed by atoms with Gasteiger partial charge in [0.15, 0.2) is 6.61 Å². The van der Waals surface area contributed by atoms with Crippen LogP contribution in [-0.4, -0.2) is 36.4 Å². The van der Waals surface area contributed by atoms with E-state index in [-0.39, 0.29) is 0 Å². The van der Waals surface area contributed by atoms with Gasteiger partial charge in [0.1, 0.15) is 0 Å². The first-order valence-electron chi connectivity index (χ1n) is 4.77. The summed E-state index contributed by atoms with van der Waals surface area (Å²) in [6.07, 6.45) is -10.3. The minimum atomic E-state index is -7.38. The molecule has 22 heavy (non-hydrogen) atoms. The minimum absolute atomic E-state index is 2.34. The van der Waals surface area contributed by atoms with E-state index < -0.39 is 48.4 Å². The fraction of sp³-hybridized carbons (Fsp3) is 0.750. The first-order valence-corrected chi connectivity index (χ1v) is 4.77. The number of hydrogen-bond donors (Lipinski definition) is 0. The molecule has 0 amide bonds. The number of halogens is 12. The molecule has 1 atom stereocenters. The topological polar surface area (TPSA) is 18.5 Å². The lowest BCUT2D eigenvalue weighted by Gasteiger charge is -2.37. The molecule has 0 aliphatic carbocycles. The first kappa shape index (κ1) is 18.5. The highest BCUT2D eigenvalue weighted by molar-refractivity contribution is 5.10. The second-order valence-corrected chi connectivity index (χ2v) is 3.89. The van der Waals surface area contributed by atoms with Crippen LogP contribution in [0.25, 0.3) is 0 Å². The Labute approximate surface area is 112 Å². The summed E-state index contributed by atoms with van der Waals surface area (Å²) in [5, 5.41) is 0. The van der Waals surface area contributed by atoms with Crippen molar-refractivity contribution < 1.29 is 62.2 Å². The summed E-state index contributed by atoms with van der Waals surface area (Å²) in [5.41, 5.74) is 0. The van der Waals surface area contributed by atoms with Crippen molar-refractivity contribution >= 4 is 0 Å². The lowest BCUT2D eigenvalue weighted by molar-refractivity contribution is -0.426. The molecule has 1 rings (SSSR count). The van der Waals surface area contributed by atoms with E-state index in [2.05, 4.69) is 9.47 Å². The van der Waals surface area contributed by atoms with E-state index in [0.717, 1.165) is 0 Å². The predicted molar refractivity (Wildman–Crippen MR) is 41.0 cm³/mol. The summed E-state index contributed by atoms with van der Waals surface area (Å²) < 4.78 is 156. The molecule has 1 aliphatic rings. The summed E-state index contributed by atoms with van der Waals surface area (Å²) in [7, 11) is 0. The third-order valence-electron chi connectivity index (χ3n) is 2.41. The second kappa shape index (κ2) is 4.75. The molecule has 0 radical (unpaired) electrons. The zero-order valence-electron chi connectivity index (χ0n) is 9.56. The molecule has 0 N–H and O–H groups in total. The Morgan fingerprint density at radius 3 is 1.64 bits per heavy atom. The normalized spacial score (nSPS) is 24.1. The van der Waals surface area contributed by atoms with Crippen LogP contribution in [0.2, 0.25) is 0 Å². The fourth-order valence-electron chi connectivity index (χ4n) is 1.22. The Morgan fingerprint density at radius 1 is 0.864 bits per heavy atom. The van der Waals surface area contributed by atoms with Crippen LogP contribution in [0, 0.1) is 0 Å². The SMILES string of the molecule is FC(F)=C1OCC(F)(C(F)(F)C(F)(F)C(F)(F)C(F)(F)F)O1. The molecular formula is C8H2F12O2. The van der Waals surface area contributed by atoms with Gasteiger partial charge in [0, 0.05) is 0 Å². The van der Waals surface area contributed by atoms with Crippen LogP contribution in [0.5, 0.6) is 0 Å². The molecule has 130 valence electrons. The highest BCUT2D eigenvalue weighted by Crippen LogP contribution is 2.58. The van der Waals surface area contributed by atoms with Gasteiger partial charge in [-0.25, -0.2) is 0 Å². The Bertz CT molecular complexity index is 476. The Morgan fingerprint density at radius 2 is 1.32 bits per heavy atom. The van der Waals surface area contributed by atoms with Crippen molar-refractivity contribution in [3.8, 4) is 0 Å². The maximum atomic E-state index is 13.5. The average molecular weight is 358 g/mol. The van der Waals surface area contributed by atoms with E-state index in [1.54, 1.807) is 0 Å². The van der Waals surface area contributed by atoms with E-state index in [9.17, 15) is 52.7 Å². The zero-order valence-corrected chi connectivity index (χ0v) is 9.56. The Hall–Kier alpha value is -1.50. The van der Waals surface area contributed by atoms with Gasteiger partial charge in [0.2, 0.25) is 0 Å². The van der Waals surface area contributed by atoms with Crippen LogP contribution in [0.1, 0.15) is 0 Å². The molecule has 2 nitrogen and oxygen atoms in total. The second-order valence-electron chi connectivity index (χ2n) is 3.89. The van der Waals surface area contributed by atoms with Gasteiger partial charge in [-0.1, -0.05) is 0 Å². The molecule has 0 saturated carbocycles. The van der Waals surface area contributed by atoms with Crippen LogP contribution in [0.4, 0.5) is 52.7 Å². The van der Waals surface area contributed by atoms with Gasteiger partial charge < -0.3 is 9.47 Å². The van der Waals surface area contributed by atoms with Gasteiger partial charge in [-0.15, -0.1) is 0 Å². The molecular weight excluding hydrogens is 356 g/mol. The molecule has 0 spiro atoms. The highest BCUT2D eigenvalue weighted by atomic mass is 19.4. The quantitative estimate of drug-likeness (QED) is 0.703. The van der Waals surface area contributed by atoms with Gasteiger partial charge >= 0.3 is 41.8 Å². The third kappa shape index (κ3) is 2.31. The third-order valence-corrected chi connectivity index (χ3v) is 2.41. The molecule has 0 aromatic rings. The molecule has 1 fully saturated rings. The number of alkyl halides is 10. The van der Waals surface area contributed by atoms with Crippen molar-refractivity contribution in [1.29, 1.82) is 0 Å². The van der Waals surface area contributed by atoms with E-state index in [1.807, 2.05) is 0 Å². The molecule has 14 heteroatoms. The predicted octanol–water partition coefficient (Wildman–Crippen LogP) is 4.23. The van der Waals surface area contributed by atoms with E-state index in [0.29, 0.717) is 0 Å². The highest BCUT2D eigenvalue weighted by Gasteiger charge is 2.88. The van der Waals surface area contributed by atoms with Crippen LogP contribution < -0.4 is 0 Å². The smallest absolute Gasteiger partial charge is 0.454 e. The number of rotatable bonds is 3. The Kier molecular flexibility index (Phi) is 4.00. The molecule has 1 saturated heterocycles. The lowest BCUT2D eigenvalue weighted by atomic mass is 9.97. The van der Waals surface area contributed by atoms with Crippen LogP contribution in [0.3, 0.4) is 0 Å². The van der Waals surface area contributed by atoms with Crippen LogP contribution in [-0.2, 0) is 9.47 Å². The van der Waals surface area contributed by atoms with E-state index >= 15 is 0 Å². The van der Waals surface area contributed by atoms with Crippen molar-refractivity contribution in [2.75, 3.05) is 6.61 Å². The summed E-state index contributed by atoms with van der Waals surface area (Å²) in [6, 6.07) is 0. The minimum Gasteiger partial charge on any atom is -0.454 e. The maximum absolute atomic E-state index is 13.5. The van der Waals surface area contributed by atoms with Crippen molar-refractivity contribution in [1.82, 2.24) is 0 Å². The van der Waals surface area contributed by atoms with E-state index in [4.69, 9.17) is 0 Å². The number of hydrogen-bond acceptors (Lipinski definition) is 2. The van der Waals surface area contributed by atoms with Crippen LogP contribution in [0.15, 0.2) is 12.0 Å². The first-order chi connectivity index (χ1) is 9.51. The summed E-state index contributed by atoms with van der Waals surface area (Å²) in [4.78, 5) is 0. The molecule has 1 unspecified atom stereocenters. The summed E-state index contributed by atoms with van der Waals surface area (Å²) in [6.45, 7) is -2.46. The average Bonchev–Trinajstić information content (AvgIpc) is 2.71. The molecule has 1 heterocycles. The van der Waals surface area contributed by atoms with Gasteiger partial charge in [0.05, 0.1) is 0 Å². The zero-order chi connectivity index (χ0) is 17.8. The van der Waals surface area contributed by atoms with Gasteiger partial charge in [0.25, 0.3) is 0 Å². The maximum Gasteiger partial charge on any atom is 0.460 e. The number of ether oxygens (including phenoxy) is 2. The van der Waals surface area contributed by atoms with Crippen molar-refractivity contribution in [2.24, 2.45) is 0 Å². The standard InChI is InChI=1S/C8H2F12O2/c9-2(10)3-21-1-4(11,22-3)5(12,13)6(14,15)7(16,17)8(18,19)20/h1H2. The van der Waals surface area contributed by atoms with Gasteiger partial charge in [-0.2, -0.15) is 52.7 Å². The van der Waals surface area contributed by atoms with Crippen LogP contribution >= 0.6 is 0 Å². The Balaban J connectivity index is 3.32. The van der Waals surface area contributed by atoms with Crippen molar-refractivity contribution in [3.63, 3.8) is 0 Å². The summed E-state index contributed by atoms with van der Waals surface area (Å²) in [5.74, 6) is -29.3. The monoisotopic (exact) mass is 358 g/mol. The molecule has 0 bridgehead atoms. The van der Waals surface area contributed by atoms with Gasteiger partial charge in [-0.05, 0) is 0 Å². The lowest BCUT2D eigenvalue weighted by Crippen LogP contribution is -2.68. The van der Waals surface area contributed by atoms with Gasteiger partial charge in [-0.3, -0.25) is 0 Å². The fourth-order valence-corrected chi connectivity index (χ4v) is 1.22. The van der Waals surface area contributed by atoms with E-state index in [1.165, 1.54) is 0 Å². The molecule has 0 aromatic carbocycles. The largest absolute Gasteiger partial charge is 0.460 e.